The van der Waals surface area contributed by atoms with Crippen molar-refractivity contribution in [3.05, 3.63) is 18.5 Å². The van der Waals surface area contributed by atoms with Gasteiger partial charge >= 0.3 is 6.18 Å². The standard InChI is InChI=1S/C11H16F3N3/c1-2-4-16-9-6-10(8-15-7-9)17-5-3-11(12,13)14/h6-8,16-17H,2-5H2,1H3. The van der Waals surface area contributed by atoms with Crippen molar-refractivity contribution < 1.29 is 13.2 Å². The fourth-order valence-electron chi connectivity index (χ4n) is 1.25. The van der Waals surface area contributed by atoms with E-state index in [2.05, 4.69) is 15.6 Å². The first-order valence-corrected chi connectivity index (χ1v) is 5.51. The molecule has 6 heteroatoms. The molecule has 0 aliphatic heterocycles. The Morgan fingerprint density at radius 3 is 2.24 bits per heavy atom. The number of nitrogens with one attached hydrogen (secondary N) is 2. The van der Waals surface area contributed by atoms with Gasteiger partial charge < -0.3 is 10.6 Å². The fourth-order valence-corrected chi connectivity index (χ4v) is 1.25. The van der Waals surface area contributed by atoms with Crippen LogP contribution in [0.2, 0.25) is 0 Å². The Balaban J connectivity index is 2.43. The van der Waals surface area contributed by atoms with E-state index in [4.69, 9.17) is 0 Å². The molecule has 0 unspecified atom stereocenters. The quantitative estimate of drug-likeness (QED) is 0.810. The SMILES string of the molecule is CCCNc1cncc(NCCC(F)(F)F)c1. The molecule has 0 saturated carbocycles. The average Bonchev–Trinajstić information content (AvgIpc) is 2.25. The summed E-state index contributed by atoms with van der Waals surface area (Å²) in [5.74, 6) is 0. The second kappa shape index (κ2) is 6.32. The Morgan fingerprint density at radius 2 is 1.71 bits per heavy atom. The maximum absolute atomic E-state index is 11.9. The lowest BCUT2D eigenvalue weighted by Crippen LogP contribution is -2.14. The number of pyridine rings is 1. The van der Waals surface area contributed by atoms with Crippen LogP contribution in [0, 0.1) is 0 Å². The molecule has 0 spiro atoms. The van der Waals surface area contributed by atoms with E-state index in [0.29, 0.717) is 5.69 Å². The van der Waals surface area contributed by atoms with Crippen molar-refractivity contribution in [1.82, 2.24) is 4.98 Å². The highest BCUT2D eigenvalue weighted by molar-refractivity contribution is 5.53. The zero-order chi connectivity index (χ0) is 12.7. The number of aromatic nitrogens is 1. The van der Waals surface area contributed by atoms with Crippen LogP contribution in [0.1, 0.15) is 19.8 Å². The predicted molar refractivity (Wildman–Crippen MR) is 62.2 cm³/mol. The second-order valence-corrected chi connectivity index (χ2v) is 3.68. The molecule has 0 bridgehead atoms. The predicted octanol–water partition coefficient (Wildman–Crippen LogP) is 3.27. The monoisotopic (exact) mass is 247 g/mol. The molecule has 1 aromatic rings. The first kappa shape index (κ1) is 13.6. The van der Waals surface area contributed by atoms with Crippen molar-refractivity contribution in [3.63, 3.8) is 0 Å². The summed E-state index contributed by atoms with van der Waals surface area (Å²) in [4.78, 5) is 3.95. The van der Waals surface area contributed by atoms with Gasteiger partial charge in [-0.1, -0.05) is 6.92 Å². The van der Waals surface area contributed by atoms with E-state index in [1.54, 1.807) is 12.3 Å². The Bertz CT molecular complexity index is 339. The van der Waals surface area contributed by atoms with Crippen LogP contribution in [0.5, 0.6) is 0 Å². The van der Waals surface area contributed by atoms with Gasteiger partial charge in [0.1, 0.15) is 0 Å². The van der Waals surface area contributed by atoms with Crippen molar-refractivity contribution >= 4 is 11.4 Å². The normalized spacial score (nSPS) is 11.3. The van der Waals surface area contributed by atoms with E-state index in [1.165, 1.54) is 6.20 Å². The van der Waals surface area contributed by atoms with Gasteiger partial charge in [-0.15, -0.1) is 0 Å². The number of nitrogens with zero attached hydrogens (tertiary/aromatic N) is 1. The first-order valence-electron chi connectivity index (χ1n) is 5.51. The van der Waals surface area contributed by atoms with Gasteiger partial charge in [0.05, 0.1) is 30.2 Å². The summed E-state index contributed by atoms with van der Waals surface area (Å²) < 4.78 is 35.8. The molecular formula is C11H16F3N3. The van der Waals surface area contributed by atoms with Gasteiger partial charge in [0.15, 0.2) is 0 Å². The first-order chi connectivity index (χ1) is 8.01. The fraction of sp³-hybridized carbons (Fsp3) is 0.545. The summed E-state index contributed by atoms with van der Waals surface area (Å²) in [5.41, 5.74) is 1.40. The van der Waals surface area contributed by atoms with Crippen molar-refractivity contribution in [2.75, 3.05) is 23.7 Å². The van der Waals surface area contributed by atoms with Crippen molar-refractivity contribution in [3.8, 4) is 0 Å². The summed E-state index contributed by atoms with van der Waals surface area (Å²) in [6.45, 7) is 2.71. The maximum atomic E-state index is 11.9. The number of rotatable bonds is 6. The minimum Gasteiger partial charge on any atom is -0.384 e. The zero-order valence-electron chi connectivity index (χ0n) is 9.64. The molecule has 2 N–H and O–H groups in total. The molecule has 0 fully saturated rings. The summed E-state index contributed by atoms with van der Waals surface area (Å²) in [7, 11) is 0. The van der Waals surface area contributed by atoms with Crippen molar-refractivity contribution in [2.24, 2.45) is 0 Å². The molecule has 17 heavy (non-hydrogen) atoms. The lowest BCUT2D eigenvalue weighted by molar-refractivity contribution is -0.131. The van der Waals surface area contributed by atoms with Gasteiger partial charge in [-0.3, -0.25) is 4.98 Å². The molecule has 0 amide bonds. The number of hydrogen-bond donors (Lipinski definition) is 2. The Labute approximate surface area is 98.4 Å². The molecule has 0 aliphatic rings. The average molecular weight is 247 g/mol. The van der Waals surface area contributed by atoms with Gasteiger partial charge in [-0.05, 0) is 12.5 Å². The number of alkyl halides is 3. The van der Waals surface area contributed by atoms with Crippen LogP contribution in [0.15, 0.2) is 18.5 Å². The van der Waals surface area contributed by atoms with Crippen molar-refractivity contribution in [1.29, 1.82) is 0 Å². The third-order valence-corrected chi connectivity index (χ3v) is 2.05. The Morgan fingerprint density at radius 1 is 1.12 bits per heavy atom. The molecule has 0 aliphatic carbocycles. The van der Waals surface area contributed by atoms with E-state index in [-0.39, 0.29) is 6.54 Å². The zero-order valence-corrected chi connectivity index (χ0v) is 9.64. The number of hydrogen-bond acceptors (Lipinski definition) is 3. The molecule has 0 aromatic carbocycles. The van der Waals surface area contributed by atoms with Crippen LogP contribution >= 0.6 is 0 Å². The molecule has 1 aromatic heterocycles. The van der Waals surface area contributed by atoms with Crippen LogP contribution in [0.3, 0.4) is 0 Å². The third-order valence-electron chi connectivity index (χ3n) is 2.05. The van der Waals surface area contributed by atoms with Crippen LogP contribution in [0.4, 0.5) is 24.5 Å². The summed E-state index contributed by atoms with van der Waals surface area (Å²) in [6.07, 6.45) is -0.845. The largest absolute Gasteiger partial charge is 0.390 e. The van der Waals surface area contributed by atoms with Crippen LogP contribution < -0.4 is 10.6 Å². The van der Waals surface area contributed by atoms with Gasteiger partial charge in [-0.25, -0.2) is 0 Å². The van der Waals surface area contributed by atoms with Gasteiger partial charge in [-0.2, -0.15) is 13.2 Å². The van der Waals surface area contributed by atoms with E-state index >= 15 is 0 Å². The topological polar surface area (TPSA) is 37.0 Å². The highest BCUT2D eigenvalue weighted by Gasteiger charge is 2.26. The smallest absolute Gasteiger partial charge is 0.384 e. The second-order valence-electron chi connectivity index (χ2n) is 3.68. The lowest BCUT2D eigenvalue weighted by atomic mass is 10.3. The van der Waals surface area contributed by atoms with E-state index in [1.807, 2.05) is 6.92 Å². The van der Waals surface area contributed by atoms with E-state index in [0.717, 1.165) is 18.7 Å². The minimum atomic E-state index is -4.13. The Kier molecular flexibility index (Phi) is 5.06. The molecule has 3 nitrogen and oxygen atoms in total. The molecule has 0 saturated heterocycles. The molecule has 96 valence electrons. The van der Waals surface area contributed by atoms with Gasteiger partial charge in [0.2, 0.25) is 0 Å². The molecule has 0 radical (unpaired) electrons. The van der Waals surface area contributed by atoms with E-state index < -0.39 is 12.6 Å². The van der Waals surface area contributed by atoms with Crippen molar-refractivity contribution in [2.45, 2.75) is 25.9 Å². The molecule has 1 rings (SSSR count). The summed E-state index contributed by atoms with van der Waals surface area (Å²) in [6, 6.07) is 1.75. The highest BCUT2D eigenvalue weighted by Crippen LogP contribution is 2.20. The van der Waals surface area contributed by atoms with Crippen LogP contribution in [-0.2, 0) is 0 Å². The molecular weight excluding hydrogens is 231 g/mol. The molecule has 0 atom stereocenters. The van der Waals surface area contributed by atoms with Crippen LogP contribution in [-0.4, -0.2) is 24.2 Å². The maximum Gasteiger partial charge on any atom is 0.390 e. The number of halogens is 3. The van der Waals surface area contributed by atoms with Crippen LogP contribution in [0.25, 0.3) is 0 Å². The third kappa shape index (κ3) is 5.99. The summed E-state index contributed by atoms with van der Waals surface area (Å²) in [5, 5.41) is 5.81. The summed E-state index contributed by atoms with van der Waals surface area (Å²) >= 11 is 0. The molecule has 1 heterocycles. The van der Waals surface area contributed by atoms with E-state index in [9.17, 15) is 13.2 Å². The number of anilines is 2. The Hall–Kier alpha value is -1.46. The van der Waals surface area contributed by atoms with Gasteiger partial charge in [0, 0.05) is 13.1 Å². The minimum absolute atomic E-state index is 0.136. The van der Waals surface area contributed by atoms with Gasteiger partial charge in [0.25, 0.3) is 0 Å². The highest BCUT2D eigenvalue weighted by atomic mass is 19.4. The lowest BCUT2D eigenvalue weighted by Gasteiger charge is -2.10.